The number of nitrogens with one attached hydrogen (secondary N) is 3. The van der Waals surface area contributed by atoms with E-state index in [9.17, 15) is 14.4 Å². The molecule has 1 aliphatic rings. The van der Waals surface area contributed by atoms with Crippen LogP contribution in [0.25, 0.3) is 21.7 Å². The number of aromatic nitrogens is 1. The minimum atomic E-state index is -0.389. The summed E-state index contributed by atoms with van der Waals surface area (Å²) in [7, 11) is 4.68. The highest BCUT2D eigenvalue weighted by Gasteiger charge is 2.29. The molecule has 1 atom stereocenters. The summed E-state index contributed by atoms with van der Waals surface area (Å²) in [6, 6.07) is 10.7. The Kier molecular flexibility index (Phi) is 9.81. The van der Waals surface area contributed by atoms with Crippen LogP contribution in [0.4, 0.5) is 10.8 Å². The first-order valence-electron chi connectivity index (χ1n) is 14.1. The Labute approximate surface area is 263 Å². The van der Waals surface area contributed by atoms with Gasteiger partial charge in [0.1, 0.15) is 0 Å². The number of methoxy groups -OCH3 is 3. The average Bonchev–Trinajstić information content (AvgIpc) is 3.65. The van der Waals surface area contributed by atoms with Crippen LogP contribution in [0.15, 0.2) is 52.0 Å². The molecule has 0 saturated heterocycles. The smallest absolute Gasteiger partial charge is 0.226 e. The highest BCUT2D eigenvalue weighted by atomic mass is 32.1. The van der Waals surface area contributed by atoms with Gasteiger partial charge in [0.05, 0.1) is 43.6 Å². The van der Waals surface area contributed by atoms with Crippen molar-refractivity contribution in [3.8, 4) is 38.9 Å². The highest BCUT2D eigenvalue weighted by molar-refractivity contribution is 7.16. The molecule has 0 bridgehead atoms. The molecule has 2 amide bonds. The molecule has 2 heterocycles. The second-order valence-electron chi connectivity index (χ2n) is 10.2. The molecular weight excluding hydrogens is 601 g/mol. The number of ether oxygens (including phenoxy) is 3. The number of fused-ring (bicyclic) bond motifs is 3. The van der Waals surface area contributed by atoms with E-state index in [0.717, 1.165) is 27.3 Å². The monoisotopic (exact) mass is 634 g/mol. The van der Waals surface area contributed by atoms with Gasteiger partial charge in [-0.1, -0.05) is 12.1 Å². The Morgan fingerprint density at radius 3 is 2.57 bits per heavy atom. The number of nitrogens with zero attached hydrogens (tertiary/aromatic N) is 1. The number of amides is 2. The number of rotatable bonds is 11. The molecule has 1 aliphatic carbocycles. The second kappa shape index (κ2) is 13.9. The van der Waals surface area contributed by atoms with E-state index >= 15 is 0 Å². The van der Waals surface area contributed by atoms with Gasteiger partial charge >= 0.3 is 0 Å². The zero-order chi connectivity index (χ0) is 31.2. The van der Waals surface area contributed by atoms with Gasteiger partial charge in [-0.3, -0.25) is 14.4 Å². The molecule has 0 saturated carbocycles. The molecule has 10 nitrogen and oxygen atoms in total. The van der Waals surface area contributed by atoms with E-state index in [4.69, 9.17) is 14.2 Å². The van der Waals surface area contributed by atoms with E-state index in [-0.39, 0.29) is 29.7 Å². The lowest BCUT2D eigenvalue weighted by atomic mass is 9.95. The number of carbonyl (C=O) groups is 2. The van der Waals surface area contributed by atoms with Gasteiger partial charge in [0, 0.05) is 30.8 Å². The van der Waals surface area contributed by atoms with Gasteiger partial charge in [0.25, 0.3) is 0 Å². The largest absolute Gasteiger partial charge is 0.493 e. The van der Waals surface area contributed by atoms with Crippen LogP contribution in [0, 0.1) is 0 Å². The van der Waals surface area contributed by atoms with Crippen LogP contribution >= 0.6 is 22.7 Å². The van der Waals surface area contributed by atoms with Crippen LogP contribution in [-0.4, -0.2) is 44.7 Å². The summed E-state index contributed by atoms with van der Waals surface area (Å²) in [6.07, 6.45) is 1.97. The standard InChI is InChI=1S/C32H34N4O6S2/c1-18(37)34-22-11-9-19-15-26(40-2)30(41-3)31(42-4)29(19)20-10-12-23(25(38)16-21(20)22)33-13-5-8-28(39)36-32-35-24(17-44-32)27-7-6-14-43-27/h6-7,10,12,14-17,22H,5,8-9,11,13H2,1-4H3,(H,33,38)(H,34,37)(H,35,36,39)/t22-/m1/s1. The molecule has 12 heteroatoms. The van der Waals surface area contributed by atoms with Gasteiger partial charge in [0.15, 0.2) is 16.6 Å². The van der Waals surface area contributed by atoms with Gasteiger partial charge in [-0.05, 0) is 65.6 Å². The first-order chi connectivity index (χ1) is 21.3. The van der Waals surface area contributed by atoms with Crippen molar-refractivity contribution >= 4 is 45.3 Å². The lowest BCUT2D eigenvalue weighted by Crippen LogP contribution is -2.26. The van der Waals surface area contributed by atoms with Crippen molar-refractivity contribution in [2.24, 2.45) is 0 Å². The minimum Gasteiger partial charge on any atom is -0.493 e. The van der Waals surface area contributed by atoms with Crippen LogP contribution in [0.2, 0.25) is 0 Å². The third-order valence-electron chi connectivity index (χ3n) is 7.34. The molecule has 0 spiro atoms. The molecule has 230 valence electrons. The first-order valence-corrected chi connectivity index (χ1v) is 15.9. The van der Waals surface area contributed by atoms with Gasteiger partial charge in [-0.25, -0.2) is 4.98 Å². The number of carbonyl (C=O) groups excluding carboxylic acids is 2. The number of thiazole rings is 1. The van der Waals surface area contributed by atoms with E-state index in [1.54, 1.807) is 44.8 Å². The predicted molar refractivity (Wildman–Crippen MR) is 174 cm³/mol. The lowest BCUT2D eigenvalue weighted by Gasteiger charge is -2.19. The van der Waals surface area contributed by atoms with Crippen molar-refractivity contribution in [3.05, 3.63) is 68.5 Å². The van der Waals surface area contributed by atoms with Crippen LogP contribution in [0.1, 0.15) is 43.4 Å². The summed E-state index contributed by atoms with van der Waals surface area (Å²) in [5.74, 6) is 1.15. The lowest BCUT2D eigenvalue weighted by molar-refractivity contribution is -0.119. The molecule has 0 radical (unpaired) electrons. The quantitative estimate of drug-likeness (QED) is 0.175. The van der Waals surface area contributed by atoms with E-state index in [2.05, 4.69) is 20.9 Å². The van der Waals surface area contributed by atoms with Crippen LogP contribution in [0.5, 0.6) is 17.2 Å². The second-order valence-corrected chi connectivity index (χ2v) is 12.0. The van der Waals surface area contributed by atoms with Gasteiger partial charge < -0.3 is 30.2 Å². The molecule has 0 unspecified atom stereocenters. The summed E-state index contributed by atoms with van der Waals surface area (Å²) in [5, 5.41) is 13.5. The Morgan fingerprint density at radius 1 is 1.05 bits per heavy atom. The topological polar surface area (TPSA) is 128 Å². The molecule has 0 fully saturated rings. The van der Waals surface area contributed by atoms with Gasteiger partial charge in [0.2, 0.25) is 23.0 Å². The Balaban J connectivity index is 1.36. The zero-order valence-electron chi connectivity index (χ0n) is 24.9. The maximum absolute atomic E-state index is 13.5. The maximum atomic E-state index is 13.5. The third kappa shape index (κ3) is 6.71. The van der Waals surface area contributed by atoms with Crippen molar-refractivity contribution < 1.29 is 23.8 Å². The van der Waals surface area contributed by atoms with Crippen molar-refractivity contribution in [1.29, 1.82) is 0 Å². The van der Waals surface area contributed by atoms with Gasteiger partial charge in [-0.2, -0.15) is 0 Å². The SMILES string of the molecule is COc1cc2c(c(OC)c1OC)-c1ccc(NCCCC(=O)Nc3nc(-c4cccs4)cs3)c(=O)cc1[C@H](NC(C)=O)CC2. The Morgan fingerprint density at radius 2 is 1.86 bits per heavy atom. The average molecular weight is 635 g/mol. The highest BCUT2D eigenvalue weighted by Crippen LogP contribution is 2.50. The van der Waals surface area contributed by atoms with Crippen molar-refractivity contribution in [3.63, 3.8) is 0 Å². The van der Waals surface area contributed by atoms with Crippen molar-refractivity contribution in [2.75, 3.05) is 38.5 Å². The first kappa shape index (κ1) is 31.0. The molecule has 2 aromatic carbocycles. The maximum Gasteiger partial charge on any atom is 0.226 e. The molecular formula is C32H34N4O6S2. The normalized spacial score (nSPS) is 13.6. The van der Waals surface area contributed by atoms with E-state index in [1.165, 1.54) is 18.3 Å². The number of thiophene rings is 1. The van der Waals surface area contributed by atoms with Crippen LogP contribution in [0.3, 0.4) is 0 Å². The fourth-order valence-electron chi connectivity index (χ4n) is 5.38. The number of benzene rings is 1. The molecule has 0 aliphatic heterocycles. The van der Waals surface area contributed by atoms with Crippen molar-refractivity contribution in [1.82, 2.24) is 10.3 Å². The van der Waals surface area contributed by atoms with Crippen LogP contribution < -0.4 is 35.6 Å². The number of hydrogen-bond donors (Lipinski definition) is 3. The summed E-state index contributed by atoms with van der Waals surface area (Å²) in [5.41, 5.74) is 4.20. The molecule has 4 aromatic rings. The fraction of sp³-hybridized carbons (Fsp3) is 0.312. The molecule has 5 rings (SSSR count). The summed E-state index contributed by atoms with van der Waals surface area (Å²) < 4.78 is 17.1. The van der Waals surface area contributed by atoms with Crippen LogP contribution in [-0.2, 0) is 16.0 Å². The van der Waals surface area contributed by atoms with E-state index in [0.29, 0.717) is 59.4 Å². The minimum absolute atomic E-state index is 0.141. The van der Waals surface area contributed by atoms with E-state index in [1.807, 2.05) is 35.0 Å². The number of aryl methyl sites for hydroxylation is 1. The number of hydrogen-bond acceptors (Lipinski definition) is 10. The zero-order valence-corrected chi connectivity index (χ0v) is 26.6. The Bertz CT molecular complexity index is 1720. The molecule has 2 aromatic heterocycles. The third-order valence-corrected chi connectivity index (χ3v) is 8.99. The van der Waals surface area contributed by atoms with Crippen molar-refractivity contribution in [2.45, 2.75) is 38.6 Å². The number of anilines is 2. The fourth-order valence-corrected chi connectivity index (χ4v) is 6.86. The molecule has 3 N–H and O–H groups in total. The summed E-state index contributed by atoms with van der Waals surface area (Å²) >= 11 is 2.99. The summed E-state index contributed by atoms with van der Waals surface area (Å²) in [6.45, 7) is 1.88. The van der Waals surface area contributed by atoms with E-state index < -0.39 is 0 Å². The molecule has 44 heavy (non-hydrogen) atoms. The van der Waals surface area contributed by atoms with Gasteiger partial charge in [-0.15, -0.1) is 22.7 Å². The predicted octanol–water partition coefficient (Wildman–Crippen LogP) is 5.88. The summed E-state index contributed by atoms with van der Waals surface area (Å²) in [4.78, 5) is 43.7. The Hall–Kier alpha value is -4.42.